The van der Waals surface area contributed by atoms with Crippen molar-refractivity contribution in [1.29, 1.82) is 0 Å². The fourth-order valence-electron chi connectivity index (χ4n) is 3.85. The fourth-order valence-corrected chi connectivity index (χ4v) is 3.85. The van der Waals surface area contributed by atoms with Gasteiger partial charge >= 0.3 is 0 Å². The Morgan fingerprint density at radius 2 is 1.93 bits per heavy atom. The van der Waals surface area contributed by atoms with E-state index in [-0.39, 0.29) is 12.5 Å². The van der Waals surface area contributed by atoms with Gasteiger partial charge in [0.1, 0.15) is 0 Å². The van der Waals surface area contributed by atoms with Crippen LogP contribution >= 0.6 is 0 Å². The minimum atomic E-state index is -0.150. The zero-order valence-electron chi connectivity index (χ0n) is 17.6. The van der Waals surface area contributed by atoms with Gasteiger partial charge in [0, 0.05) is 24.2 Å². The monoisotopic (exact) mass is 404 g/mol. The van der Waals surface area contributed by atoms with E-state index < -0.39 is 0 Å². The van der Waals surface area contributed by atoms with Crippen LogP contribution < -0.4 is 5.32 Å². The number of hydrogen-bond acceptors (Lipinski definition) is 5. The molecule has 156 valence electrons. The quantitative estimate of drug-likeness (QED) is 0.666. The summed E-state index contributed by atoms with van der Waals surface area (Å²) in [6.07, 6.45) is 2.59. The zero-order chi connectivity index (χ0) is 20.9. The molecule has 0 bridgehead atoms. The van der Waals surface area contributed by atoms with Gasteiger partial charge < -0.3 is 9.84 Å². The van der Waals surface area contributed by atoms with Gasteiger partial charge in [-0.3, -0.25) is 9.69 Å². The predicted octanol–water partition coefficient (Wildman–Crippen LogP) is 4.21. The van der Waals surface area contributed by atoms with E-state index in [1.165, 1.54) is 24.0 Å². The van der Waals surface area contributed by atoms with Gasteiger partial charge in [-0.25, -0.2) is 0 Å². The Bertz CT molecular complexity index is 979. The van der Waals surface area contributed by atoms with Crippen molar-refractivity contribution >= 4 is 5.91 Å². The van der Waals surface area contributed by atoms with E-state index in [4.69, 9.17) is 4.52 Å². The highest BCUT2D eigenvalue weighted by Crippen LogP contribution is 2.18. The van der Waals surface area contributed by atoms with Crippen LogP contribution in [0.5, 0.6) is 0 Å². The summed E-state index contributed by atoms with van der Waals surface area (Å²) >= 11 is 0. The van der Waals surface area contributed by atoms with Gasteiger partial charge in [-0.15, -0.1) is 0 Å². The van der Waals surface area contributed by atoms with E-state index in [1.54, 1.807) is 0 Å². The lowest BCUT2D eigenvalue weighted by Gasteiger charge is -2.30. The highest BCUT2D eigenvalue weighted by molar-refractivity contribution is 5.94. The summed E-state index contributed by atoms with van der Waals surface area (Å²) in [5, 5.41) is 6.85. The molecule has 1 atom stereocenters. The van der Waals surface area contributed by atoms with Gasteiger partial charge in [0.25, 0.3) is 5.91 Å². The minimum Gasteiger partial charge on any atom is -0.343 e. The fraction of sp³-hybridized carbons (Fsp3) is 0.375. The lowest BCUT2D eigenvalue weighted by Crippen LogP contribution is -2.33. The summed E-state index contributed by atoms with van der Waals surface area (Å²) in [4.78, 5) is 19.3. The van der Waals surface area contributed by atoms with E-state index in [2.05, 4.69) is 27.3 Å². The summed E-state index contributed by atoms with van der Waals surface area (Å²) in [6.45, 7) is 7.79. The number of carbonyl (C=O) groups excluding carboxylic acids is 1. The van der Waals surface area contributed by atoms with Crippen LogP contribution in [0.2, 0.25) is 0 Å². The maximum atomic E-state index is 12.5. The molecule has 0 unspecified atom stereocenters. The van der Waals surface area contributed by atoms with Gasteiger partial charge in [-0.2, -0.15) is 4.98 Å². The highest BCUT2D eigenvalue weighted by atomic mass is 16.5. The van der Waals surface area contributed by atoms with Crippen LogP contribution in [0.15, 0.2) is 53.1 Å². The number of likely N-dealkylation sites (tertiary alicyclic amines) is 1. The van der Waals surface area contributed by atoms with E-state index in [1.807, 2.05) is 55.5 Å². The Balaban J connectivity index is 1.30. The first-order valence-corrected chi connectivity index (χ1v) is 10.6. The summed E-state index contributed by atoms with van der Waals surface area (Å²) in [6, 6.07) is 15.7. The van der Waals surface area contributed by atoms with Crippen LogP contribution in [0.1, 0.15) is 47.1 Å². The number of carbonyl (C=O) groups is 1. The van der Waals surface area contributed by atoms with Crippen molar-refractivity contribution in [2.24, 2.45) is 5.92 Å². The van der Waals surface area contributed by atoms with Crippen molar-refractivity contribution in [2.75, 3.05) is 13.1 Å². The summed E-state index contributed by atoms with van der Waals surface area (Å²) < 4.78 is 5.27. The second-order valence-electron chi connectivity index (χ2n) is 8.24. The van der Waals surface area contributed by atoms with Crippen LogP contribution in [0, 0.1) is 12.8 Å². The number of aromatic nitrogens is 2. The first kappa shape index (κ1) is 20.3. The molecular weight excluding hydrogens is 376 g/mol. The molecule has 0 spiro atoms. The van der Waals surface area contributed by atoms with Crippen molar-refractivity contribution in [3.05, 3.63) is 71.1 Å². The highest BCUT2D eigenvalue weighted by Gasteiger charge is 2.16. The molecule has 1 N–H and O–H groups in total. The Kier molecular flexibility index (Phi) is 6.23. The molecule has 1 amide bonds. The molecule has 1 aliphatic rings. The van der Waals surface area contributed by atoms with Crippen LogP contribution in [0.3, 0.4) is 0 Å². The number of benzene rings is 2. The molecule has 1 aliphatic heterocycles. The van der Waals surface area contributed by atoms with Crippen LogP contribution in [0.25, 0.3) is 11.4 Å². The van der Waals surface area contributed by atoms with E-state index >= 15 is 0 Å². The summed E-state index contributed by atoms with van der Waals surface area (Å²) in [5.74, 6) is 1.52. The second kappa shape index (κ2) is 9.22. The lowest BCUT2D eigenvalue weighted by molar-refractivity contribution is 0.0946. The molecule has 6 nitrogen and oxygen atoms in total. The maximum Gasteiger partial charge on any atom is 0.251 e. The normalized spacial score (nSPS) is 17.1. The number of nitrogens with zero attached hydrogens (tertiary/aromatic N) is 3. The smallest absolute Gasteiger partial charge is 0.251 e. The number of nitrogens with one attached hydrogen (secondary N) is 1. The van der Waals surface area contributed by atoms with Gasteiger partial charge in [0.2, 0.25) is 11.7 Å². The number of piperidine rings is 1. The van der Waals surface area contributed by atoms with E-state index in [0.717, 1.165) is 31.1 Å². The number of hydrogen-bond donors (Lipinski definition) is 1. The number of aryl methyl sites for hydroxylation is 1. The molecule has 4 rings (SSSR count). The van der Waals surface area contributed by atoms with Crippen molar-refractivity contribution in [3.63, 3.8) is 0 Å². The first-order chi connectivity index (χ1) is 14.6. The topological polar surface area (TPSA) is 71.3 Å². The van der Waals surface area contributed by atoms with Gasteiger partial charge in [-0.05, 0) is 49.9 Å². The molecular formula is C24H28N4O2. The molecule has 0 aliphatic carbocycles. The third-order valence-electron chi connectivity index (χ3n) is 5.54. The molecule has 3 aromatic rings. The zero-order valence-corrected chi connectivity index (χ0v) is 17.6. The molecule has 1 fully saturated rings. The Morgan fingerprint density at radius 3 is 2.67 bits per heavy atom. The standard InChI is InChI=1S/C24H28N4O2/c1-17-5-9-20(10-6-17)23-26-22(30-27-23)14-25-24(29)21-11-7-19(8-12-21)16-28-13-3-4-18(2)15-28/h5-12,18H,3-4,13-16H2,1-2H3,(H,25,29)/t18-/m0/s1. The lowest BCUT2D eigenvalue weighted by atomic mass is 9.99. The minimum absolute atomic E-state index is 0.150. The number of amides is 1. The Morgan fingerprint density at radius 1 is 1.17 bits per heavy atom. The van der Waals surface area contributed by atoms with Gasteiger partial charge in [0.05, 0.1) is 6.54 Å². The SMILES string of the molecule is Cc1ccc(-c2noc(CNC(=O)c3ccc(CN4CCC[C@H](C)C4)cc3)n2)cc1. The van der Waals surface area contributed by atoms with Gasteiger partial charge in [-0.1, -0.05) is 54.0 Å². The van der Waals surface area contributed by atoms with Crippen LogP contribution in [-0.2, 0) is 13.1 Å². The first-order valence-electron chi connectivity index (χ1n) is 10.6. The maximum absolute atomic E-state index is 12.5. The molecule has 1 aromatic heterocycles. The van der Waals surface area contributed by atoms with Crippen molar-refractivity contribution in [1.82, 2.24) is 20.4 Å². The second-order valence-corrected chi connectivity index (χ2v) is 8.24. The molecule has 0 saturated carbocycles. The molecule has 0 radical (unpaired) electrons. The summed E-state index contributed by atoms with van der Waals surface area (Å²) in [7, 11) is 0. The third kappa shape index (κ3) is 5.13. The van der Waals surface area contributed by atoms with Crippen LogP contribution in [0.4, 0.5) is 0 Å². The largest absolute Gasteiger partial charge is 0.343 e. The average molecular weight is 405 g/mol. The van der Waals surface area contributed by atoms with E-state index in [0.29, 0.717) is 17.3 Å². The third-order valence-corrected chi connectivity index (χ3v) is 5.54. The molecule has 6 heteroatoms. The molecule has 30 heavy (non-hydrogen) atoms. The molecule has 2 aromatic carbocycles. The molecule has 1 saturated heterocycles. The predicted molar refractivity (Wildman–Crippen MR) is 116 cm³/mol. The van der Waals surface area contributed by atoms with Gasteiger partial charge in [0.15, 0.2) is 0 Å². The van der Waals surface area contributed by atoms with Crippen LogP contribution in [-0.4, -0.2) is 34.0 Å². The Hall–Kier alpha value is -2.99. The Labute approximate surface area is 177 Å². The van der Waals surface area contributed by atoms with Crippen molar-refractivity contribution < 1.29 is 9.32 Å². The number of rotatable bonds is 6. The summed E-state index contributed by atoms with van der Waals surface area (Å²) in [5.41, 5.74) is 3.93. The van der Waals surface area contributed by atoms with Crippen molar-refractivity contribution in [3.8, 4) is 11.4 Å². The van der Waals surface area contributed by atoms with E-state index in [9.17, 15) is 4.79 Å². The van der Waals surface area contributed by atoms with Crippen molar-refractivity contribution in [2.45, 2.75) is 39.8 Å². The molecule has 2 heterocycles. The average Bonchev–Trinajstić information content (AvgIpc) is 3.22.